The maximum absolute atomic E-state index is 11.9. The number of carbonyl (C=O) groups excluding carboxylic acids is 1. The van der Waals surface area contributed by atoms with Gasteiger partial charge < -0.3 is 5.32 Å². The van der Waals surface area contributed by atoms with Crippen LogP contribution in [0.4, 0.5) is 0 Å². The molecule has 1 amide bonds. The molecule has 0 radical (unpaired) electrons. The quantitative estimate of drug-likeness (QED) is 0.870. The molecule has 2 rings (SSSR count). The molecule has 2 heterocycles. The Labute approximate surface area is 111 Å². The third-order valence-corrected chi connectivity index (χ3v) is 3.15. The number of rotatable bonds is 4. The van der Waals surface area contributed by atoms with Gasteiger partial charge in [-0.1, -0.05) is 5.21 Å². The Kier molecular flexibility index (Phi) is 3.64. The van der Waals surface area contributed by atoms with Crippen LogP contribution >= 0.6 is 0 Å². The minimum absolute atomic E-state index is 0.0790. The molecule has 19 heavy (non-hydrogen) atoms. The Morgan fingerprint density at radius 1 is 1.47 bits per heavy atom. The normalized spacial score (nSPS) is 12.4. The predicted octanol–water partition coefficient (Wildman–Crippen LogP) is 0.506. The summed E-state index contributed by atoms with van der Waals surface area (Å²) in [4.78, 5) is 11.9. The standard InChI is InChI=1S/C12H18N6O/c1-8(12-9(2)15-17(4)10(12)3)14-11(19)7-18-6-5-13-16-18/h5-6,8H,7H2,1-4H3,(H,14,19)/t8-/m0/s1. The topological polar surface area (TPSA) is 77.6 Å². The van der Waals surface area contributed by atoms with Crippen molar-refractivity contribution in [2.45, 2.75) is 33.4 Å². The fourth-order valence-electron chi connectivity index (χ4n) is 2.24. The Bertz CT molecular complexity index is 571. The molecule has 0 bridgehead atoms. The highest BCUT2D eigenvalue weighted by molar-refractivity contribution is 5.76. The third kappa shape index (κ3) is 2.81. The molecule has 1 atom stereocenters. The van der Waals surface area contributed by atoms with Gasteiger partial charge in [0.2, 0.25) is 5.91 Å². The maximum Gasteiger partial charge on any atom is 0.242 e. The zero-order valence-electron chi connectivity index (χ0n) is 11.6. The van der Waals surface area contributed by atoms with Gasteiger partial charge in [0.1, 0.15) is 6.54 Å². The highest BCUT2D eigenvalue weighted by Crippen LogP contribution is 2.20. The second kappa shape index (κ2) is 5.21. The summed E-state index contributed by atoms with van der Waals surface area (Å²) in [5.41, 5.74) is 3.06. The van der Waals surface area contributed by atoms with Crippen LogP contribution in [0, 0.1) is 13.8 Å². The molecule has 0 saturated heterocycles. The van der Waals surface area contributed by atoms with Gasteiger partial charge in [0.25, 0.3) is 0 Å². The van der Waals surface area contributed by atoms with Crippen LogP contribution in [0.5, 0.6) is 0 Å². The highest BCUT2D eigenvalue weighted by atomic mass is 16.2. The summed E-state index contributed by atoms with van der Waals surface area (Å²) in [5, 5.41) is 14.7. The van der Waals surface area contributed by atoms with E-state index in [1.165, 1.54) is 4.68 Å². The van der Waals surface area contributed by atoms with Crippen LogP contribution in [-0.2, 0) is 18.4 Å². The Balaban J connectivity index is 2.04. The van der Waals surface area contributed by atoms with Crippen LogP contribution < -0.4 is 5.32 Å². The van der Waals surface area contributed by atoms with E-state index < -0.39 is 0 Å². The second-order valence-corrected chi connectivity index (χ2v) is 4.60. The van der Waals surface area contributed by atoms with Crippen molar-refractivity contribution in [2.24, 2.45) is 7.05 Å². The molecule has 0 spiro atoms. The van der Waals surface area contributed by atoms with Gasteiger partial charge in [-0.2, -0.15) is 5.10 Å². The van der Waals surface area contributed by atoms with Gasteiger partial charge in [-0.25, -0.2) is 4.68 Å². The summed E-state index contributed by atoms with van der Waals surface area (Å²) in [6.45, 7) is 6.07. The van der Waals surface area contributed by atoms with E-state index >= 15 is 0 Å². The molecular weight excluding hydrogens is 244 g/mol. The van der Waals surface area contributed by atoms with E-state index in [1.807, 2.05) is 32.5 Å². The number of aromatic nitrogens is 5. The van der Waals surface area contributed by atoms with Crippen molar-refractivity contribution >= 4 is 5.91 Å². The van der Waals surface area contributed by atoms with E-state index in [9.17, 15) is 4.79 Å². The Hall–Kier alpha value is -2.18. The van der Waals surface area contributed by atoms with Gasteiger partial charge in [0.05, 0.1) is 17.9 Å². The molecule has 0 aliphatic heterocycles. The monoisotopic (exact) mass is 262 g/mol. The van der Waals surface area contributed by atoms with Crippen LogP contribution in [0.3, 0.4) is 0 Å². The lowest BCUT2D eigenvalue weighted by atomic mass is 10.1. The molecule has 7 heteroatoms. The first kappa shape index (κ1) is 13.3. The van der Waals surface area contributed by atoms with Crippen LogP contribution in [0.2, 0.25) is 0 Å². The lowest BCUT2D eigenvalue weighted by Gasteiger charge is -2.14. The molecular formula is C12H18N6O. The number of amides is 1. The zero-order valence-corrected chi connectivity index (χ0v) is 11.6. The zero-order chi connectivity index (χ0) is 14.0. The van der Waals surface area contributed by atoms with E-state index in [-0.39, 0.29) is 18.5 Å². The average molecular weight is 262 g/mol. The molecule has 0 aliphatic rings. The van der Waals surface area contributed by atoms with Gasteiger partial charge >= 0.3 is 0 Å². The summed E-state index contributed by atoms with van der Waals surface area (Å²) in [6, 6.07) is -0.0790. The van der Waals surface area contributed by atoms with Gasteiger partial charge in [0, 0.05) is 24.5 Å². The van der Waals surface area contributed by atoms with Gasteiger partial charge in [-0.05, 0) is 20.8 Å². The van der Waals surface area contributed by atoms with E-state index in [4.69, 9.17) is 0 Å². The highest BCUT2D eigenvalue weighted by Gasteiger charge is 2.18. The van der Waals surface area contributed by atoms with Gasteiger partial charge in [0.15, 0.2) is 0 Å². The fourth-order valence-corrected chi connectivity index (χ4v) is 2.24. The third-order valence-electron chi connectivity index (χ3n) is 3.15. The van der Waals surface area contributed by atoms with Crippen molar-refractivity contribution in [3.05, 3.63) is 29.3 Å². The first-order valence-corrected chi connectivity index (χ1v) is 6.12. The summed E-state index contributed by atoms with van der Waals surface area (Å²) in [5.74, 6) is -0.0966. The van der Waals surface area contributed by atoms with E-state index in [0.717, 1.165) is 17.0 Å². The molecule has 0 unspecified atom stereocenters. The minimum Gasteiger partial charge on any atom is -0.348 e. The number of aryl methyl sites for hydroxylation is 2. The van der Waals surface area contributed by atoms with E-state index in [0.29, 0.717) is 0 Å². The Morgan fingerprint density at radius 3 is 2.74 bits per heavy atom. The molecule has 7 nitrogen and oxygen atoms in total. The number of carbonyl (C=O) groups is 1. The van der Waals surface area contributed by atoms with Crippen molar-refractivity contribution in [3.63, 3.8) is 0 Å². The van der Waals surface area contributed by atoms with Crippen LogP contribution in [-0.4, -0.2) is 30.7 Å². The molecule has 102 valence electrons. The number of nitrogens with zero attached hydrogens (tertiary/aromatic N) is 5. The predicted molar refractivity (Wildman–Crippen MR) is 69.3 cm³/mol. The molecule has 2 aromatic rings. The van der Waals surface area contributed by atoms with Crippen molar-refractivity contribution in [2.75, 3.05) is 0 Å². The molecule has 0 aromatic carbocycles. The van der Waals surface area contributed by atoms with Gasteiger partial charge in [-0.15, -0.1) is 5.10 Å². The summed E-state index contributed by atoms with van der Waals surface area (Å²) < 4.78 is 3.32. The lowest BCUT2D eigenvalue weighted by Crippen LogP contribution is -2.30. The van der Waals surface area contributed by atoms with Crippen LogP contribution in [0.15, 0.2) is 12.4 Å². The Morgan fingerprint density at radius 2 is 2.21 bits per heavy atom. The first-order chi connectivity index (χ1) is 8.99. The second-order valence-electron chi connectivity index (χ2n) is 4.60. The van der Waals surface area contributed by atoms with Crippen LogP contribution in [0.25, 0.3) is 0 Å². The SMILES string of the molecule is Cc1nn(C)c(C)c1[C@H](C)NC(=O)Cn1ccnn1. The van der Waals surface area contributed by atoms with Gasteiger partial charge in [-0.3, -0.25) is 9.48 Å². The molecule has 0 aliphatic carbocycles. The molecule has 0 saturated carbocycles. The molecule has 2 aromatic heterocycles. The first-order valence-electron chi connectivity index (χ1n) is 6.12. The van der Waals surface area contributed by atoms with Crippen molar-refractivity contribution in [1.82, 2.24) is 30.1 Å². The van der Waals surface area contributed by atoms with E-state index in [2.05, 4.69) is 20.7 Å². The molecule has 1 N–H and O–H groups in total. The minimum atomic E-state index is -0.0966. The largest absolute Gasteiger partial charge is 0.348 e. The van der Waals surface area contributed by atoms with E-state index in [1.54, 1.807) is 12.4 Å². The summed E-state index contributed by atoms with van der Waals surface area (Å²) in [7, 11) is 1.90. The lowest BCUT2D eigenvalue weighted by molar-refractivity contribution is -0.122. The number of hydrogen-bond donors (Lipinski definition) is 1. The number of nitrogens with one attached hydrogen (secondary N) is 1. The fraction of sp³-hybridized carbons (Fsp3) is 0.500. The maximum atomic E-state index is 11.9. The van der Waals surface area contributed by atoms with Crippen molar-refractivity contribution in [1.29, 1.82) is 0 Å². The smallest absolute Gasteiger partial charge is 0.242 e. The van der Waals surface area contributed by atoms with Crippen molar-refractivity contribution in [3.8, 4) is 0 Å². The molecule has 0 fully saturated rings. The van der Waals surface area contributed by atoms with Crippen LogP contribution in [0.1, 0.15) is 29.9 Å². The number of hydrogen-bond acceptors (Lipinski definition) is 4. The summed E-state index contributed by atoms with van der Waals surface area (Å²) >= 11 is 0. The average Bonchev–Trinajstić information content (AvgIpc) is 2.88. The van der Waals surface area contributed by atoms with Crippen molar-refractivity contribution < 1.29 is 4.79 Å². The summed E-state index contributed by atoms with van der Waals surface area (Å²) in [6.07, 6.45) is 3.21.